The van der Waals surface area contributed by atoms with E-state index in [-0.39, 0.29) is 6.61 Å². The minimum Gasteiger partial charge on any atom is -0.462 e. The smallest absolute Gasteiger partial charge is 0.129 e. The molecule has 0 unspecified atom stereocenters. The molecule has 0 radical (unpaired) electrons. The minimum absolute atomic E-state index is 0.138. The molecular formula is C12H19NO3. The van der Waals surface area contributed by atoms with Gasteiger partial charge >= 0.3 is 0 Å². The Labute approximate surface area is 96.1 Å². The minimum atomic E-state index is 0.138. The van der Waals surface area contributed by atoms with Crippen molar-refractivity contribution in [1.82, 2.24) is 4.90 Å². The average molecular weight is 225 g/mol. The Bertz CT molecular complexity index is 309. The maximum absolute atomic E-state index is 8.90. The zero-order valence-electron chi connectivity index (χ0n) is 9.69. The van der Waals surface area contributed by atoms with E-state index >= 15 is 0 Å². The van der Waals surface area contributed by atoms with E-state index in [1.54, 1.807) is 7.11 Å². The van der Waals surface area contributed by atoms with Crippen LogP contribution in [0.3, 0.4) is 0 Å². The fourth-order valence-electron chi connectivity index (χ4n) is 1.51. The molecule has 1 N–H and O–H groups in total. The van der Waals surface area contributed by atoms with Crippen LogP contribution in [0.15, 0.2) is 29.2 Å². The summed E-state index contributed by atoms with van der Waals surface area (Å²) in [5, 5.41) is 8.90. The molecule has 0 aromatic carbocycles. The molecule has 0 saturated heterocycles. The molecule has 0 aliphatic carbocycles. The highest BCUT2D eigenvalue weighted by molar-refractivity contribution is 5.06. The van der Waals surface area contributed by atoms with E-state index in [1.807, 2.05) is 18.2 Å². The van der Waals surface area contributed by atoms with Crippen molar-refractivity contribution >= 4 is 0 Å². The van der Waals surface area contributed by atoms with Gasteiger partial charge in [-0.2, -0.15) is 0 Å². The summed E-state index contributed by atoms with van der Waals surface area (Å²) in [7, 11) is 1.64. The number of hydrogen-bond acceptors (Lipinski definition) is 4. The molecule has 1 aromatic heterocycles. The Morgan fingerprint density at radius 1 is 1.50 bits per heavy atom. The molecule has 1 heterocycles. The lowest BCUT2D eigenvalue weighted by Crippen LogP contribution is -2.26. The van der Waals surface area contributed by atoms with E-state index in [0.717, 1.165) is 18.1 Å². The van der Waals surface area contributed by atoms with Gasteiger partial charge < -0.3 is 14.3 Å². The van der Waals surface area contributed by atoms with Crippen molar-refractivity contribution in [3.05, 3.63) is 36.3 Å². The highest BCUT2D eigenvalue weighted by Crippen LogP contribution is 2.11. The summed E-state index contributed by atoms with van der Waals surface area (Å²) in [6.45, 7) is 6.34. The number of aliphatic hydroxyl groups excluding tert-OH is 1. The zero-order valence-corrected chi connectivity index (χ0v) is 9.69. The number of hydrogen-bond donors (Lipinski definition) is 1. The highest BCUT2D eigenvalue weighted by atomic mass is 16.5. The molecule has 1 aromatic rings. The molecule has 90 valence electrons. The Morgan fingerprint density at radius 3 is 2.88 bits per heavy atom. The van der Waals surface area contributed by atoms with Gasteiger partial charge in [0, 0.05) is 20.2 Å². The maximum Gasteiger partial charge on any atom is 0.129 e. The van der Waals surface area contributed by atoms with Gasteiger partial charge in [0.25, 0.3) is 0 Å². The van der Waals surface area contributed by atoms with Crippen molar-refractivity contribution < 1.29 is 14.3 Å². The van der Waals surface area contributed by atoms with Gasteiger partial charge in [0.15, 0.2) is 0 Å². The van der Waals surface area contributed by atoms with Gasteiger partial charge in [0.1, 0.15) is 18.1 Å². The number of furan rings is 1. The fourth-order valence-corrected chi connectivity index (χ4v) is 1.51. The lowest BCUT2D eigenvalue weighted by molar-refractivity contribution is 0.157. The van der Waals surface area contributed by atoms with Crippen LogP contribution in [0.4, 0.5) is 0 Å². The van der Waals surface area contributed by atoms with Crippen LogP contribution < -0.4 is 0 Å². The Balaban J connectivity index is 2.51. The molecule has 4 nitrogen and oxygen atoms in total. The average Bonchev–Trinajstić information content (AvgIpc) is 2.67. The standard InChI is InChI=1S/C12H19NO3/c1-3-6-13(7-8-14)9-11-4-5-12(16-11)10-15-2/h3-5,14H,1,6-10H2,2H3. The van der Waals surface area contributed by atoms with Gasteiger partial charge in [-0.3, -0.25) is 4.90 Å². The molecular weight excluding hydrogens is 206 g/mol. The molecule has 0 aliphatic rings. The van der Waals surface area contributed by atoms with Crippen LogP contribution >= 0.6 is 0 Å². The SMILES string of the molecule is C=CCN(CCO)Cc1ccc(COC)o1. The molecule has 0 fully saturated rings. The Hall–Kier alpha value is -1.10. The van der Waals surface area contributed by atoms with Gasteiger partial charge in [-0.1, -0.05) is 6.08 Å². The van der Waals surface area contributed by atoms with Gasteiger partial charge in [-0.25, -0.2) is 0 Å². The van der Waals surface area contributed by atoms with Crippen molar-refractivity contribution in [2.45, 2.75) is 13.2 Å². The summed E-state index contributed by atoms with van der Waals surface area (Å²) in [5.74, 6) is 1.70. The van der Waals surface area contributed by atoms with E-state index in [2.05, 4.69) is 11.5 Å². The van der Waals surface area contributed by atoms with E-state index in [1.165, 1.54) is 0 Å². The van der Waals surface area contributed by atoms with Crippen LogP contribution in [0.1, 0.15) is 11.5 Å². The first-order valence-corrected chi connectivity index (χ1v) is 5.30. The third-order valence-corrected chi connectivity index (χ3v) is 2.19. The first kappa shape index (κ1) is 13.0. The van der Waals surface area contributed by atoms with Gasteiger partial charge in [-0.05, 0) is 12.1 Å². The van der Waals surface area contributed by atoms with Crippen LogP contribution in [0.25, 0.3) is 0 Å². The second kappa shape index (κ2) is 7.22. The van der Waals surface area contributed by atoms with Crippen LogP contribution in [0.2, 0.25) is 0 Å². The molecule has 0 saturated carbocycles. The molecule has 1 rings (SSSR count). The van der Waals surface area contributed by atoms with Gasteiger partial charge in [-0.15, -0.1) is 6.58 Å². The molecule has 4 heteroatoms. The van der Waals surface area contributed by atoms with E-state index < -0.39 is 0 Å². The third kappa shape index (κ3) is 4.18. The second-order valence-corrected chi connectivity index (χ2v) is 3.55. The van der Waals surface area contributed by atoms with Crippen LogP contribution in [-0.2, 0) is 17.9 Å². The molecule has 16 heavy (non-hydrogen) atoms. The first-order chi connectivity index (χ1) is 7.80. The predicted octanol–water partition coefficient (Wildman–Crippen LogP) is 1.41. The lowest BCUT2D eigenvalue weighted by atomic mass is 10.3. The fraction of sp³-hybridized carbons (Fsp3) is 0.500. The number of methoxy groups -OCH3 is 1. The van der Waals surface area contributed by atoms with Gasteiger partial charge in [0.2, 0.25) is 0 Å². The third-order valence-electron chi connectivity index (χ3n) is 2.19. The molecule has 0 atom stereocenters. The first-order valence-electron chi connectivity index (χ1n) is 5.30. The van der Waals surface area contributed by atoms with E-state index in [0.29, 0.717) is 19.7 Å². The predicted molar refractivity (Wildman–Crippen MR) is 62.0 cm³/mol. The molecule has 0 amide bonds. The summed E-state index contributed by atoms with van der Waals surface area (Å²) in [4.78, 5) is 2.06. The number of ether oxygens (including phenoxy) is 1. The summed E-state index contributed by atoms with van der Waals surface area (Å²) in [6.07, 6.45) is 1.81. The summed E-state index contributed by atoms with van der Waals surface area (Å²) in [6, 6.07) is 3.84. The Morgan fingerprint density at radius 2 is 2.25 bits per heavy atom. The maximum atomic E-state index is 8.90. The quantitative estimate of drug-likeness (QED) is 0.679. The Kier molecular flexibility index (Phi) is 5.85. The number of rotatable bonds is 8. The molecule has 0 spiro atoms. The van der Waals surface area contributed by atoms with Crippen molar-refractivity contribution in [2.75, 3.05) is 26.8 Å². The monoisotopic (exact) mass is 225 g/mol. The summed E-state index contributed by atoms with van der Waals surface area (Å²) in [5.41, 5.74) is 0. The van der Waals surface area contributed by atoms with Gasteiger partial charge in [0.05, 0.1) is 13.2 Å². The topological polar surface area (TPSA) is 45.8 Å². The summed E-state index contributed by atoms with van der Waals surface area (Å²) >= 11 is 0. The largest absolute Gasteiger partial charge is 0.462 e. The number of aliphatic hydroxyl groups is 1. The normalized spacial score (nSPS) is 10.9. The van der Waals surface area contributed by atoms with E-state index in [4.69, 9.17) is 14.3 Å². The summed E-state index contributed by atoms with van der Waals surface area (Å²) < 4.78 is 10.5. The van der Waals surface area contributed by atoms with Crippen molar-refractivity contribution in [2.24, 2.45) is 0 Å². The second-order valence-electron chi connectivity index (χ2n) is 3.55. The highest BCUT2D eigenvalue weighted by Gasteiger charge is 2.07. The molecule has 0 aliphatic heterocycles. The van der Waals surface area contributed by atoms with Crippen LogP contribution in [0, 0.1) is 0 Å². The molecule has 0 bridgehead atoms. The van der Waals surface area contributed by atoms with Crippen LogP contribution in [0.5, 0.6) is 0 Å². The van der Waals surface area contributed by atoms with Crippen molar-refractivity contribution in [1.29, 1.82) is 0 Å². The van der Waals surface area contributed by atoms with Crippen molar-refractivity contribution in [3.63, 3.8) is 0 Å². The van der Waals surface area contributed by atoms with Crippen LogP contribution in [-0.4, -0.2) is 36.8 Å². The van der Waals surface area contributed by atoms with Crippen molar-refractivity contribution in [3.8, 4) is 0 Å². The zero-order chi connectivity index (χ0) is 11.8. The van der Waals surface area contributed by atoms with E-state index in [9.17, 15) is 0 Å². The lowest BCUT2D eigenvalue weighted by Gasteiger charge is -2.17. The number of nitrogens with zero attached hydrogens (tertiary/aromatic N) is 1.